The first-order valence-corrected chi connectivity index (χ1v) is 6.46. The highest BCUT2D eigenvalue weighted by Crippen LogP contribution is 2.24. The highest BCUT2D eigenvalue weighted by atomic mass is 16.5. The molecule has 1 aromatic rings. The predicted molar refractivity (Wildman–Crippen MR) is 71.8 cm³/mol. The molecule has 1 unspecified atom stereocenters. The lowest BCUT2D eigenvalue weighted by molar-refractivity contribution is 0.0747. The molecule has 4 heteroatoms. The molecule has 98 valence electrons. The Balaban J connectivity index is 2.24. The van der Waals surface area contributed by atoms with Crippen molar-refractivity contribution in [3.63, 3.8) is 0 Å². The van der Waals surface area contributed by atoms with E-state index in [4.69, 9.17) is 10.5 Å². The van der Waals surface area contributed by atoms with Crippen molar-refractivity contribution in [1.82, 2.24) is 4.90 Å². The maximum absolute atomic E-state index is 12.4. The summed E-state index contributed by atoms with van der Waals surface area (Å²) in [6, 6.07) is 5.55. The highest BCUT2D eigenvalue weighted by Gasteiger charge is 2.26. The van der Waals surface area contributed by atoms with Crippen LogP contribution >= 0.6 is 0 Å². The predicted octanol–water partition coefficient (Wildman–Crippen LogP) is 2.29. The second-order valence-electron chi connectivity index (χ2n) is 4.71. The van der Waals surface area contributed by atoms with E-state index < -0.39 is 0 Å². The largest absolute Gasteiger partial charge is 0.494 e. The number of nitrogens with two attached hydrogens (primary N) is 1. The molecule has 1 aliphatic heterocycles. The molecule has 2 rings (SSSR count). The fraction of sp³-hybridized carbons (Fsp3) is 0.500. The molecule has 1 heterocycles. The molecule has 18 heavy (non-hydrogen) atoms. The van der Waals surface area contributed by atoms with Gasteiger partial charge in [-0.05, 0) is 38.8 Å². The molecule has 0 radical (unpaired) electrons. The van der Waals surface area contributed by atoms with Gasteiger partial charge in [-0.25, -0.2) is 0 Å². The number of hydrogen-bond acceptors (Lipinski definition) is 3. The summed E-state index contributed by atoms with van der Waals surface area (Å²) in [7, 11) is 0. The Morgan fingerprint density at radius 1 is 1.50 bits per heavy atom. The van der Waals surface area contributed by atoms with Crippen molar-refractivity contribution in [2.75, 3.05) is 18.9 Å². The van der Waals surface area contributed by atoms with Crippen LogP contribution in [0.3, 0.4) is 0 Å². The number of hydrogen-bond donors (Lipinski definition) is 1. The summed E-state index contributed by atoms with van der Waals surface area (Å²) in [5, 5.41) is 0. The molecule has 4 nitrogen and oxygen atoms in total. The Morgan fingerprint density at radius 3 is 2.89 bits per heavy atom. The van der Waals surface area contributed by atoms with Gasteiger partial charge in [-0.3, -0.25) is 4.79 Å². The molecular formula is C14H20N2O2. The maximum Gasteiger partial charge on any atom is 0.254 e. The number of carbonyl (C=O) groups is 1. The molecule has 1 saturated heterocycles. The highest BCUT2D eigenvalue weighted by molar-refractivity contribution is 5.96. The van der Waals surface area contributed by atoms with Crippen molar-refractivity contribution in [1.29, 1.82) is 0 Å². The minimum Gasteiger partial charge on any atom is -0.494 e. The number of anilines is 1. The van der Waals surface area contributed by atoms with Crippen molar-refractivity contribution >= 4 is 11.6 Å². The second-order valence-corrected chi connectivity index (χ2v) is 4.71. The number of amides is 1. The normalized spacial score (nSPS) is 19.0. The number of ether oxygens (including phenoxy) is 1. The molecule has 0 aliphatic carbocycles. The van der Waals surface area contributed by atoms with Gasteiger partial charge in [-0.15, -0.1) is 0 Å². The number of nitrogens with zero attached hydrogens (tertiary/aromatic N) is 1. The number of benzene rings is 1. The quantitative estimate of drug-likeness (QED) is 0.835. The zero-order valence-electron chi connectivity index (χ0n) is 11.0. The van der Waals surface area contributed by atoms with E-state index in [9.17, 15) is 4.79 Å². The first kappa shape index (κ1) is 12.7. The molecule has 0 aromatic heterocycles. The average Bonchev–Trinajstić information content (AvgIpc) is 2.74. The molecular weight excluding hydrogens is 228 g/mol. The van der Waals surface area contributed by atoms with Gasteiger partial charge < -0.3 is 15.4 Å². The number of carbonyl (C=O) groups excluding carboxylic acids is 1. The summed E-state index contributed by atoms with van der Waals surface area (Å²) in [6.45, 7) is 5.39. The molecule has 1 aromatic carbocycles. The van der Waals surface area contributed by atoms with Gasteiger partial charge in [0.25, 0.3) is 5.91 Å². The van der Waals surface area contributed by atoms with Gasteiger partial charge in [0.05, 0.1) is 6.61 Å². The van der Waals surface area contributed by atoms with E-state index in [0.717, 1.165) is 19.4 Å². The summed E-state index contributed by atoms with van der Waals surface area (Å²) in [5.41, 5.74) is 6.99. The third-order valence-corrected chi connectivity index (χ3v) is 3.30. The first-order chi connectivity index (χ1) is 8.61. The van der Waals surface area contributed by atoms with Crippen molar-refractivity contribution in [2.45, 2.75) is 32.7 Å². The molecule has 2 N–H and O–H groups in total. The Bertz CT molecular complexity index is 445. The van der Waals surface area contributed by atoms with Gasteiger partial charge in [-0.2, -0.15) is 0 Å². The van der Waals surface area contributed by atoms with E-state index in [1.807, 2.05) is 11.8 Å². The van der Waals surface area contributed by atoms with Gasteiger partial charge in [0, 0.05) is 29.9 Å². The maximum atomic E-state index is 12.4. The van der Waals surface area contributed by atoms with Crippen LogP contribution in [0.2, 0.25) is 0 Å². The molecule has 0 bridgehead atoms. The van der Waals surface area contributed by atoms with Crippen molar-refractivity contribution in [3.8, 4) is 5.75 Å². The molecule has 0 spiro atoms. The average molecular weight is 248 g/mol. The van der Waals surface area contributed by atoms with E-state index in [0.29, 0.717) is 29.6 Å². The van der Waals surface area contributed by atoms with E-state index in [1.54, 1.807) is 18.2 Å². The topological polar surface area (TPSA) is 55.6 Å². The van der Waals surface area contributed by atoms with E-state index >= 15 is 0 Å². The summed E-state index contributed by atoms with van der Waals surface area (Å²) >= 11 is 0. The van der Waals surface area contributed by atoms with Gasteiger partial charge in [0.15, 0.2) is 0 Å². The van der Waals surface area contributed by atoms with Crippen LogP contribution in [-0.4, -0.2) is 30.0 Å². The van der Waals surface area contributed by atoms with Crippen LogP contribution in [-0.2, 0) is 0 Å². The van der Waals surface area contributed by atoms with Crippen LogP contribution in [0, 0.1) is 0 Å². The second kappa shape index (κ2) is 5.29. The van der Waals surface area contributed by atoms with Crippen molar-refractivity contribution in [2.24, 2.45) is 0 Å². The first-order valence-electron chi connectivity index (χ1n) is 6.46. The monoisotopic (exact) mass is 248 g/mol. The van der Waals surface area contributed by atoms with E-state index in [1.165, 1.54) is 0 Å². The summed E-state index contributed by atoms with van der Waals surface area (Å²) < 4.78 is 5.42. The van der Waals surface area contributed by atoms with Crippen LogP contribution in [0.5, 0.6) is 5.75 Å². The van der Waals surface area contributed by atoms with Gasteiger partial charge in [0.1, 0.15) is 5.75 Å². The van der Waals surface area contributed by atoms with Crippen molar-refractivity contribution < 1.29 is 9.53 Å². The fourth-order valence-corrected chi connectivity index (χ4v) is 2.40. The number of likely N-dealkylation sites (tertiary alicyclic amines) is 1. The SMILES string of the molecule is CCOc1cc(N)cc(C(=O)N2CCCC2C)c1. The standard InChI is InChI=1S/C14H20N2O2/c1-3-18-13-8-11(7-12(15)9-13)14(17)16-6-4-5-10(16)2/h7-10H,3-6,15H2,1-2H3. The molecule has 1 amide bonds. The fourth-order valence-electron chi connectivity index (χ4n) is 2.40. The molecule has 1 aliphatic rings. The van der Waals surface area contributed by atoms with Gasteiger partial charge in [0.2, 0.25) is 0 Å². The smallest absolute Gasteiger partial charge is 0.254 e. The molecule has 1 atom stereocenters. The third-order valence-electron chi connectivity index (χ3n) is 3.30. The van der Waals surface area contributed by atoms with Crippen LogP contribution < -0.4 is 10.5 Å². The summed E-state index contributed by atoms with van der Waals surface area (Å²) in [6.07, 6.45) is 2.15. The number of rotatable bonds is 3. The Morgan fingerprint density at radius 2 is 2.28 bits per heavy atom. The number of nitrogen functional groups attached to an aromatic ring is 1. The zero-order chi connectivity index (χ0) is 13.1. The van der Waals surface area contributed by atoms with E-state index in [2.05, 4.69) is 6.92 Å². The van der Waals surface area contributed by atoms with Crippen LogP contribution in [0.25, 0.3) is 0 Å². The lowest BCUT2D eigenvalue weighted by Gasteiger charge is -2.21. The van der Waals surface area contributed by atoms with Gasteiger partial charge in [-0.1, -0.05) is 0 Å². The molecule has 1 fully saturated rings. The minimum absolute atomic E-state index is 0.0493. The van der Waals surface area contributed by atoms with Crippen LogP contribution in [0.4, 0.5) is 5.69 Å². The summed E-state index contributed by atoms with van der Waals surface area (Å²) in [5.74, 6) is 0.709. The Hall–Kier alpha value is -1.71. The zero-order valence-corrected chi connectivity index (χ0v) is 11.0. The third kappa shape index (κ3) is 2.58. The lowest BCUT2D eigenvalue weighted by Crippen LogP contribution is -2.33. The van der Waals surface area contributed by atoms with Crippen molar-refractivity contribution in [3.05, 3.63) is 23.8 Å². The Kier molecular flexibility index (Phi) is 3.75. The minimum atomic E-state index is 0.0493. The van der Waals surface area contributed by atoms with Crippen LogP contribution in [0.15, 0.2) is 18.2 Å². The summed E-state index contributed by atoms with van der Waals surface area (Å²) in [4.78, 5) is 14.3. The van der Waals surface area contributed by atoms with Gasteiger partial charge >= 0.3 is 0 Å². The van der Waals surface area contributed by atoms with Crippen LogP contribution in [0.1, 0.15) is 37.0 Å². The molecule has 0 saturated carbocycles. The van der Waals surface area contributed by atoms with E-state index in [-0.39, 0.29) is 5.91 Å². The Labute approximate surface area is 108 Å². The lowest BCUT2D eigenvalue weighted by atomic mass is 10.1.